The molecule has 0 aliphatic carbocycles. The Labute approximate surface area is 190 Å². The quantitative estimate of drug-likeness (QED) is 0.302. The first-order valence-corrected chi connectivity index (χ1v) is 9.82. The fraction of sp³-hybridized carbons (Fsp3) is 0.300. The van der Waals surface area contributed by atoms with Gasteiger partial charge in [-0.1, -0.05) is 11.6 Å². The van der Waals surface area contributed by atoms with E-state index in [0.29, 0.717) is 29.6 Å². The predicted molar refractivity (Wildman–Crippen MR) is 111 cm³/mol. The standard InChI is InChI=1S/C20H18ClF4N5O3/c1-10(16(21)17(31)28-26-2)30-7-6-12-14(9-30)29(3)19(32)27-18(12)33-15-5-4-11(22)8-13(15)20(23,24)25/h4-5,8H,2,6-7,9H2,1,3H3,(H,28,31)/b16-10-. The van der Waals surface area contributed by atoms with E-state index in [2.05, 4.69) is 22.2 Å². The molecule has 1 N–H and O–H groups in total. The molecule has 0 saturated carbocycles. The number of amides is 1. The number of carbonyl (C=O) groups is 1. The summed E-state index contributed by atoms with van der Waals surface area (Å²) in [6.45, 7) is 5.15. The third kappa shape index (κ3) is 5.00. The fourth-order valence-electron chi connectivity index (χ4n) is 3.34. The lowest BCUT2D eigenvalue weighted by Crippen LogP contribution is -2.37. The zero-order valence-electron chi connectivity index (χ0n) is 17.5. The second kappa shape index (κ2) is 9.22. The molecule has 0 spiro atoms. The van der Waals surface area contributed by atoms with E-state index >= 15 is 0 Å². The SMILES string of the molecule is C=NNC(=O)/C(Cl)=C(\C)N1CCc2c(Oc3ccc(F)cc3C(F)(F)F)nc(=O)n(C)c2C1. The number of carbonyl (C=O) groups excluding carboxylic acids is 1. The van der Waals surface area contributed by atoms with Crippen molar-refractivity contribution in [1.82, 2.24) is 19.9 Å². The largest absolute Gasteiger partial charge is 0.438 e. The number of fused-ring (bicyclic) bond motifs is 1. The summed E-state index contributed by atoms with van der Waals surface area (Å²) >= 11 is 6.10. The van der Waals surface area contributed by atoms with Gasteiger partial charge in [0.25, 0.3) is 5.91 Å². The Morgan fingerprint density at radius 3 is 2.70 bits per heavy atom. The van der Waals surface area contributed by atoms with Gasteiger partial charge in [0, 0.05) is 31.6 Å². The van der Waals surface area contributed by atoms with Gasteiger partial charge in [-0.2, -0.15) is 23.3 Å². The number of ether oxygens (including phenoxy) is 1. The summed E-state index contributed by atoms with van der Waals surface area (Å²) in [6.07, 6.45) is -4.66. The van der Waals surface area contributed by atoms with Gasteiger partial charge >= 0.3 is 11.9 Å². The molecule has 0 atom stereocenters. The van der Waals surface area contributed by atoms with E-state index in [9.17, 15) is 27.2 Å². The zero-order chi connectivity index (χ0) is 24.5. The summed E-state index contributed by atoms with van der Waals surface area (Å²) in [4.78, 5) is 29.8. The molecule has 176 valence electrons. The minimum absolute atomic E-state index is 0.104. The molecule has 2 heterocycles. The number of allylic oxidation sites excluding steroid dienone is 1. The van der Waals surface area contributed by atoms with E-state index in [1.807, 2.05) is 0 Å². The molecule has 0 radical (unpaired) electrons. The number of nitrogens with zero attached hydrogens (tertiary/aromatic N) is 4. The first kappa shape index (κ1) is 24.2. The van der Waals surface area contributed by atoms with Crippen LogP contribution in [0, 0.1) is 5.82 Å². The van der Waals surface area contributed by atoms with Crippen molar-refractivity contribution < 1.29 is 27.1 Å². The number of rotatable bonds is 5. The predicted octanol–water partition coefficient (Wildman–Crippen LogP) is 3.29. The highest BCUT2D eigenvalue weighted by molar-refractivity contribution is 6.42. The monoisotopic (exact) mass is 487 g/mol. The molecule has 13 heteroatoms. The molecule has 8 nitrogen and oxygen atoms in total. The molecule has 1 aromatic heterocycles. The van der Waals surface area contributed by atoms with Crippen LogP contribution in [0.1, 0.15) is 23.7 Å². The van der Waals surface area contributed by atoms with E-state index in [1.165, 1.54) is 11.6 Å². The average Bonchev–Trinajstić information content (AvgIpc) is 2.76. The number of benzene rings is 1. The van der Waals surface area contributed by atoms with Crippen molar-refractivity contribution in [1.29, 1.82) is 0 Å². The van der Waals surface area contributed by atoms with Crippen molar-refractivity contribution in [2.75, 3.05) is 6.54 Å². The summed E-state index contributed by atoms with van der Waals surface area (Å²) in [7, 11) is 1.45. The maximum Gasteiger partial charge on any atom is 0.420 e. The molecule has 0 saturated heterocycles. The van der Waals surface area contributed by atoms with Crippen LogP contribution in [0.25, 0.3) is 0 Å². The number of alkyl halides is 3. The Kier molecular flexibility index (Phi) is 6.77. The second-order valence-corrected chi connectivity index (χ2v) is 7.47. The first-order chi connectivity index (χ1) is 15.4. The first-order valence-electron chi connectivity index (χ1n) is 9.44. The van der Waals surface area contributed by atoms with Gasteiger partial charge in [0.2, 0.25) is 5.88 Å². The lowest BCUT2D eigenvalue weighted by atomic mass is 10.0. The molecule has 3 rings (SSSR count). The summed E-state index contributed by atoms with van der Waals surface area (Å²) in [5.74, 6) is -2.73. The topological polar surface area (TPSA) is 88.8 Å². The minimum atomic E-state index is -4.88. The van der Waals surface area contributed by atoms with Gasteiger partial charge in [-0.15, -0.1) is 0 Å². The van der Waals surface area contributed by atoms with Crippen molar-refractivity contribution in [3.63, 3.8) is 0 Å². The third-order valence-electron chi connectivity index (χ3n) is 5.09. The molecular weight excluding hydrogens is 470 g/mol. The van der Waals surface area contributed by atoms with Gasteiger partial charge in [-0.25, -0.2) is 14.6 Å². The van der Waals surface area contributed by atoms with E-state index in [-0.39, 0.29) is 23.9 Å². The number of aromatic nitrogens is 2. The molecule has 0 bridgehead atoms. The van der Waals surface area contributed by atoms with E-state index < -0.39 is 34.9 Å². The number of hydrazone groups is 1. The highest BCUT2D eigenvalue weighted by atomic mass is 35.5. The Bertz CT molecular complexity index is 1210. The number of hydrogen-bond donors (Lipinski definition) is 1. The van der Waals surface area contributed by atoms with Crippen LogP contribution in [0.2, 0.25) is 0 Å². The number of hydrogen-bond acceptors (Lipinski definition) is 6. The summed E-state index contributed by atoms with van der Waals surface area (Å²) < 4.78 is 60.1. The normalized spacial score (nSPS) is 14.3. The van der Waals surface area contributed by atoms with Crippen LogP contribution in [-0.2, 0) is 31.0 Å². The molecule has 1 aliphatic rings. The zero-order valence-corrected chi connectivity index (χ0v) is 18.2. The van der Waals surface area contributed by atoms with Gasteiger partial charge in [0.05, 0.1) is 12.2 Å². The van der Waals surface area contributed by atoms with Crippen molar-refractivity contribution >= 4 is 24.2 Å². The minimum Gasteiger partial charge on any atom is -0.438 e. The molecule has 0 unspecified atom stereocenters. The lowest BCUT2D eigenvalue weighted by Gasteiger charge is -2.33. The van der Waals surface area contributed by atoms with Crippen molar-refractivity contribution in [2.45, 2.75) is 26.1 Å². The van der Waals surface area contributed by atoms with Crippen LogP contribution in [0.5, 0.6) is 11.6 Å². The summed E-state index contributed by atoms with van der Waals surface area (Å²) in [6, 6.07) is 1.96. The van der Waals surface area contributed by atoms with Gasteiger partial charge in [-0.05, 0) is 31.5 Å². The molecule has 2 aromatic rings. The third-order valence-corrected chi connectivity index (χ3v) is 5.54. The van der Waals surface area contributed by atoms with E-state index in [4.69, 9.17) is 16.3 Å². The Morgan fingerprint density at radius 2 is 2.06 bits per heavy atom. The van der Waals surface area contributed by atoms with Crippen LogP contribution in [0.3, 0.4) is 0 Å². The molecule has 1 amide bonds. The summed E-state index contributed by atoms with van der Waals surface area (Å²) in [5, 5.41) is 3.13. The molecule has 33 heavy (non-hydrogen) atoms. The van der Waals surface area contributed by atoms with Crippen molar-refractivity contribution in [3.8, 4) is 11.6 Å². The van der Waals surface area contributed by atoms with Gasteiger partial charge in [-0.3, -0.25) is 9.36 Å². The van der Waals surface area contributed by atoms with Gasteiger partial charge < -0.3 is 9.64 Å². The maximum absolute atomic E-state index is 13.4. The lowest BCUT2D eigenvalue weighted by molar-refractivity contribution is -0.138. The average molecular weight is 488 g/mol. The number of nitrogens with one attached hydrogen (secondary N) is 1. The Hall–Kier alpha value is -3.41. The molecule has 1 aliphatic heterocycles. The maximum atomic E-state index is 13.4. The smallest absolute Gasteiger partial charge is 0.420 e. The highest BCUT2D eigenvalue weighted by Crippen LogP contribution is 2.39. The Balaban J connectivity index is 2.02. The Morgan fingerprint density at radius 1 is 1.36 bits per heavy atom. The summed E-state index contributed by atoms with van der Waals surface area (Å²) in [5.41, 5.74) is 1.25. The molecular formula is C20H18ClF4N5O3. The van der Waals surface area contributed by atoms with Crippen molar-refractivity contribution in [2.24, 2.45) is 12.1 Å². The van der Waals surface area contributed by atoms with Crippen LogP contribution in [-0.4, -0.2) is 33.6 Å². The molecule has 0 fully saturated rings. The number of halogens is 5. The van der Waals surface area contributed by atoms with Crippen LogP contribution < -0.4 is 15.9 Å². The van der Waals surface area contributed by atoms with E-state index in [0.717, 1.165) is 12.1 Å². The van der Waals surface area contributed by atoms with Crippen LogP contribution in [0.15, 0.2) is 38.8 Å². The van der Waals surface area contributed by atoms with E-state index in [1.54, 1.807) is 11.8 Å². The molecule has 1 aromatic carbocycles. The fourth-order valence-corrected chi connectivity index (χ4v) is 3.50. The second-order valence-electron chi connectivity index (χ2n) is 7.09. The van der Waals surface area contributed by atoms with Gasteiger partial charge in [0.1, 0.15) is 22.2 Å². The van der Waals surface area contributed by atoms with Crippen LogP contribution in [0.4, 0.5) is 17.6 Å². The van der Waals surface area contributed by atoms with Crippen molar-refractivity contribution in [3.05, 3.63) is 62.1 Å². The van der Waals surface area contributed by atoms with Crippen LogP contribution >= 0.6 is 11.6 Å². The highest BCUT2D eigenvalue weighted by Gasteiger charge is 2.36. The van der Waals surface area contributed by atoms with Gasteiger partial charge in [0.15, 0.2) is 0 Å².